The van der Waals surface area contributed by atoms with Gasteiger partial charge in [0, 0.05) is 24.3 Å². The normalized spacial score (nSPS) is 10.4. The highest BCUT2D eigenvalue weighted by atomic mass is 35.5. The summed E-state index contributed by atoms with van der Waals surface area (Å²) in [5.41, 5.74) is 1.32. The third-order valence-electron chi connectivity index (χ3n) is 2.50. The summed E-state index contributed by atoms with van der Waals surface area (Å²) in [6.45, 7) is 4.67. The SMILES string of the molecule is CCc1cc(C(=O)N(CC)CCO)cc(Cl)n1. The number of pyridine rings is 1. The molecule has 1 heterocycles. The van der Waals surface area contributed by atoms with Gasteiger partial charge in [-0.05, 0) is 25.5 Å². The quantitative estimate of drug-likeness (QED) is 0.817. The van der Waals surface area contributed by atoms with Gasteiger partial charge in [0.15, 0.2) is 0 Å². The van der Waals surface area contributed by atoms with Gasteiger partial charge in [-0.2, -0.15) is 0 Å². The first kappa shape index (κ1) is 13.9. The minimum absolute atomic E-state index is 0.0426. The van der Waals surface area contributed by atoms with Crippen molar-refractivity contribution >= 4 is 17.5 Å². The Hall–Kier alpha value is -1.13. The molecular weight excluding hydrogens is 240 g/mol. The molecule has 17 heavy (non-hydrogen) atoms. The van der Waals surface area contributed by atoms with E-state index >= 15 is 0 Å². The van der Waals surface area contributed by atoms with Gasteiger partial charge >= 0.3 is 0 Å². The van der Waals surface area contributed by atoms with E-state index in [-0.39, 0.29) is 12.5 Å². The minimum atomic E-state index is -0.124. The molecule has 1 aromatic heterocycles. The van der Waals surface area contributed by atoms with Crippen LogP contribution in [0.2, 0.25) is 5.15 Å². The van der Waals surface area contributed by atoms with E-state index in [1.54, 1.807) is 17.0 Å². The Morgan fingerprint density at radius 3 is 2.71 bits per heavy atom. The fraction of sp³-hybridized carbons (Fsp3) is 0.500. The summed E-state index contributed by atoms with van der Waals surface area (Å²) in [6.07, 6.45) is 0.729. The average molecular weight is 257 g/mol. The molecule has 0 aromatic carbocycles. The van der Waals surface area contributed by atoms with Crippen LogP contribution >= 0.6 is 11.6 Å². The monoisotopic (exact) mass is 256 g/mol. The zero-order chi connectivity index (χ0) is 12.8. The van der Waals surface area contributed by atoms with Crippen molar-refractivity contribution in [3.63, 3.8) is 0 Å². The highest BCUT2D eigenvalue weighted by Gasteiger charge is 2.15. The van der Waals surface area contributed by atoms with E-state index in [2.05, 4.69) is 4.98 Å². The minimum Gasteiger partial charge on any atom is -0.395 e. The molecule has 1 rings (SSSR count). The molecule has 0 radical (unpaired) electrons. The molecule has 0 fully saturated rings. The molecule has 0 unspecified atom stereocenters. The third-order valence-corrected chi connectivity index (χ3v) is 2.69. The van der Waals surface area contributed by atoms with Gasteiger partial charge in [-0.1, -0.05) is 18.5 Å². The Balaban J connectivity index is 2.97. The summed E-state index contributed by atoms with van der Waals surface area (Å²) in [7, 11) is 0. The van der Waals surface area contributed by atoms with Gasteiger partial charge in [0.05, 0.1) is 6.61 Å². The molecule has 0 spiro atoms. The molecule has 0 bridgehead atoms. The van der Waals surface area contributed by atoms with E-state index in [0.717, 1.165) is 12.1 Å². The van der Waals surface area contributed by atoms with Crippen LogP contribution in [0.3, 0.4) is 0 Å². The number of amides is 1. The van der Waals surface area contributed by atoms with Crippen LogP contribution in [-0.2, 0) is 6.42 Å². The predicted molar refractivity (Wildman–Crippen MR) is 67.3 cm³/mol. The number of carbonyl (C=O) groups excluding carboxylic acids is 1. The van der Waals surface area contributed by atoms with E-state index in [1.165, 1.54) is 0 Å². The lowest BCUT2D eigenvalue weighted by atomic mass is 10.2. The van der Waals surface area contributed by atoms with Crippen molar-refractivity contribution in [3.05, 3.63) is 28.5 Å². The van der Waals surface area contributed by atoms with Crippen molar-refractivity contribution in [1.82, 2.24) is 9.88 Å². The van der Waals surface area contributed by atoms with Crippen molar-refractivity contribution in [3.8, 4) is 0 Å². The number of aliphatic hydroxyl groups is 1. The first-order valence-electron chi connectivity index (χ1n) is 5.69. The van der Waals surface area contributed by atoms with Gasteiger partial charge < -0.3 is 10.0 Å². The van der Waals surface area contributed by atoms with Gasteiger partial charge in [0.1, 0.15) is 5.15 Å². The molecule has 0 aliphatic carbocycles. The van der Waals surface area contributed by atoms with E-state index < -0.39 is 0 Å². The van der Waals surface area contributed by atoms with Gasteiger partial charge in [-0.3, -0.25) is 4.79 Å². The van der Waals surface area contributed by atoms with Gasteiger partial charge in [0.2, 0.25) is 0 Å². The van der Waals surface area contributed by atoms with E-state index in [0.29, 0.717) is 23.8 Å². The first-order chi connectivity index (χ1) is 8.12. The molecule has 1 amide bonds. The van der Waals surface area contributed by atoms with Crippen LogP contribution in [0.15, 0.2) is 12.1 Å². The Morgan fingerprint density at radius 1 is 1.47 bits per heavy atom. The summed E-state index contributed by atoms with van der Waals surface area (Å²) in [5.74, 6) is -0.124. The summed E-state index contributed by atoms with van der Waals surface area (Å²) in [6, 6.07) is 3.30. The van der Waals surface area contributed by atoms with Crippen molar-refractivity contribution in [2.75, 3.05) is 19.7 Å². The highest BCUT2D eigenvalue weighted by Crippen LogP contribution is 2.13. The van der Waals surface area contributed by atoms with Crippen LogP contribution in [0.1, 0.15) is 29.9 Å². The van der Waals surface area contributed by atoms with Crippen molar-refractivity contribution in [1.29, 1.82) is 0 Å². The van der Waals surface area contributed by atoms with Crippen molar-refractivity contribution < 1.29 is 9.90 Å². The summed E-state index contributed by atoms with van der Waals surface area (Å²) in [5, 5.41) is 9.21. The lowest BCUT2D eigenvalue weighted by Gasteiger charge is -2.19. The Kier molecular flexibility index (Phi) is 5.38. The fourth-order valence-electron chi connectivity index (χ4n) is 1.56. The maximum absolute atomic E-state index is 12.1. The van der Waals surface area contributed by atoms with Crippen molar-refractivity contribution in [2.24, 2.45) is 0 Å². The number of rotatable bonds is 5. The summed E-state index contributed by atoms with van der Waals surface area (Å²) >= 11 is 5.87. The van der Waals surface area contributed by atoms with Crippen LogP contribution in [-0.4, -0.2) is 40.6 Å². The largest absolute Gasteiger partial charge is 0.395 e. The van der Waals surface area contributed by atoms with Gasteiger partial charge in [-0.25, -0.2) is 4.98 Å². The van der Waals surface area contributed by atoms with Crippen LogP contribution in [0, 0.1) is 0 Å². The molecule has 0 aliphatic heterocycles. The molecule has 0 saturated carbocycles. The lowest BCUT2D eigenvalue weighted by molar-refractivity contribution is 0.0731. The van der Waals surface area contributed by atoms with Crippen LogP contribution in [0.25, 0.3) is 0 Å². The van der Waals surface area contributed by atoms with Gasteiger partial charge in [0.25, 0.3) is 5.91 Å². The summed E-state index contributed by atoms with van der Waals surface area (Å²) in [4.78, 5) is 17.8. The number of aliphatic hydroxyl groups excluding tert-OH is 1. The molecular formula is C12H17ClN2O2. The van der Waals surface area contributed by atoms with Crippen molar-refractivity contribution in [2.45, 2.75) is 20.3 Å². The molecule has 5 heteroatoms. The molecule has 4 nitrogen and oxygen atoms in total. The van der Waals surface area contributed by atoms with E-state index in [1.807, 2.05) is 13.8 Å². The third kappa shape index (κ3) is 3.68. The lowest BCUT2D eigenvalue weighted by Crippen LogP contribution is -2.33. The highest BCUT2D eigenvalue weighted by molar-refractivity contribution is 6.29. The maximum atomic E-state index is 12.1. The van der Waals surface area contributed by atoms with E-state index in [4.69, 9.17) is 16.7 Å². The number of hydrogen-bond acceptors (Lipinski definition) is 3. The standard InChI is InChI=1S/C12H17ClN2O2/c1-3-10-7-9(8-11(13)14-10)12(17)15(4-2)5-6-16/h7-8,16H,3-6H2,1-2H3. The number of aryl methyl sites for hydroxylation is 1. The number of likely N-dealkylation sites (N-methyl/N-ethyl adjacent to an activating group) is 1. The molecule has 0 aliphatic rings. The second kappa shape index (κ2) is 6.57. The maximum Gasteiger partial charge on any atom is 0.254 e. The average Bonchev–Trinajstić information content (AvgIpc) is 2.34. The number of carbonyl (C=O) groups is 1. The Morgan fingerprint density at radius 2 is 2.18 bits per heavy atom. The Labute approximate surface area is 106 Å². The number of nitrogens with zero attached hydrogens (tertiary/aromatic N) is 2. The zero-order valence-electron chi connectivity index (χ0n) is 10.1. The number of aromatic nitrogens is 1. The fourth-order valence-corrected chi connectivity index (χ4v) is 1.79. The van der Waals surface area contributed by atoms with Crippen LogP contribution in [0.5, 0.6) is 0 Å². The zero-order valence-corrected chi connectivity index (χ0v) is 10.9. The molecule has 1 N–H and O–H groups in total. The predicted octanol–water partition coefficient (Wildman–Crippen LogP) is 1.75. The smallest absolute Gasteiger partial charge is 0.254 e. The first-order valence-corrected chi connectivity index (χ1v) is 6.06. The van der Waals surface area contributed by atoms with Crippen LogP contribution < -0.4 is 0 Å². The van der Waals surface area contributed by atoms with E-state index in [9.17, 15) is 4.79 Å². The Bertz CT molecular complexity index is 396. The van der Waals surface area contributed by atoms with Crippen LogP contribution in [0.4, 0.5) is 0 Å². The van der Waals surface area contributed by atoms with Gasteiger partial charge in [-0.15, -0.1) is 0 Å². The topological polar surface area (TPSA) is 53.4 Å². The number of halogens is 1. The molecule has 0 saturated heterocycles. The molecule has 1 aromatic rings. The second-order valence-corrected chi connectivity index (χ2v) is 4.02. The second-order valence-electron chi connectivity index (χ2n) is 3.63. The number of hydrogen-bond donors (Lipinski definition) is 1. The summed E-state index contributed by atoms with van der Waals surface area (Å²) < 4.78 is 0. The molecule has 94 valence electrons. The molecule has 0 atom stereocenters.